The van der Waals surface area contributed by atoms with Gasteiger partial charge in [0.05, 0.1) is 25.9 Å². The summed E-state index contributed by atoms with van der Waals surface area (Å²) in [5.41, 5.74) is 2.31. The lowest BCUT2D eigenvalue weighted by molar-refractivity contribution is -0.277. The molecule has 0 saturated carbocycles. The number of hydrogen-bond donors (Lipinski definition) is 0. The number of methoxy groups -OCH3 is 1. The predicted octanol–water partition coefficient (Wildman–Crippen LogP) is 4.88. The average molecular weight is 506 g/mol. The molecule has 0 aromatic heterocycles. The van der Waals surface area contributed by atoms with Gasteiger partial charge in [0, 0.05) is 48.9 Å². The smallest absolute Gasteiger partial charge is 0.415 e. The highest BCUT2D eigenvalue weighted by Crippen LogP contribution is 2.38. The summed E-state index contributed by atoms with van der Waals surface area (Å²) in [6, 6.07) is 17.9. The summed E-state index contributed by atoms with van der Waals surface area (Å²) in [5.74, 6) is 1.72. The van der Waals surface area contributed by atoms with E-state index in [1.54, 1.807) is 12.0 Å². The minimum atomic E-state index is -0.459. The molecular weight excluding hydrogens is 474 g/mol. The van der Waals surface area contributed by atoms with Gasteiger partial charge in [-0.25, -0.2) is 14.5 Å². The van der Waals surface area contributed by atoms with Crippen LogP contribution in [-0.2, 0) is 21.0 Å². The van der Waals surface area contributed by atoms with Crippen LogP contribution in [0.3, 0.4) is 0 Å². The molecule has 3 saturated heterocycles. The van der Waals surface area contributed by atoms with Crippen LogP contribution in [0, 0.1) is 0 Å². The van der Waals surface area contributed by atoms with E-state index in [0.717, 1.165) is 66.1 Å². The fourth-order valence-electron chi connectivity index (χ4n) is 5.39. The van der Waals surface area contributed by atoms with Gasteiger partial charge < -0.3 is 14.2 Å². The Kier molecular flexibility index (Phi) is 6.27. The summed E-state index contributed by atoms with van der Waals surface area (Å²) in [6.45, 7) is 5.89. The van der Waals surface area contributed by atoms with E-state index in [1.165, 1.54) is 10.8 Å². The fraction of sp³-hybridized carbons (Fsp3) is 0.393. The quantitative estimate of drug-likeness (QED) is 0.450. The third-order valence-electron chi connectivity index (χ3n) is 7.35. The Bertz CT molecular complexity index is 1290. The van der Waals surface area contributed by atoms with Crippen molar-refractivity contribution in [3.05, 3.63) is 60.2 Å². The maximum atomic E-state index is 12.8. The molecule has 3 aliphatic rings. The molecule has 3 aromatic carbocycles. The van der Waals surface area contributed by atoms with E-state index in [-0.39, 0.29) is 12.9 Å². The van der Waals surface area contributed by atoms with Crippen molar-refractivity contribution in [2.24, 2.45) is 0 Å². The summed E-state index contributed by atoms with van der Waals surface area (Å²) in [4.78, 5) is 27.3. The minimum Gasteiger partial charge on any atom is -0.496 e. The van der Waals surface area contributed by atoms with Gasteiger partial charge in [-0.15, -0.1) is 5.23 Å². The molecule has 0 N–H and O–H groups in total. The van der Waals surface area contributed by atoms with Crippen molar-refractivity contribution >= 4 is 28.2 Å². The fourth-order valence-corrected chi connectivity index (χ4v) is 5.39. The number of nitrogens with zero attached hydrogens (tertiary/aromatic N) is 3. The lowest BCUT2D eigenvalue weighted by Gasteiger charge is -2.37. The SMILES string of the molecule is CCOc1cc(CN2CCC3(CC2)CN(c2ccc(N4OCO4)cc2)C(=O)O3)cc2c(OC)cccc12. The molecule has 9 heteroatoms. The molecule has 0 radical (unpaired) electrons. The molecular formula is C28H31N3O6. The Hall–Kier alpha value is -3.53. The number of carbonyl (C=O) groups excluding carboxylic acids is 1. The highest BCUT2D eigenvalue weighted by molar-refractivity contribution is 5.94. The van der Waals surface area contributed by atoms with Crippen molar-refractivity contribution in [3.8, 4) is 11.5 Å². The van der Waals surface area contributed by atoms with Crippen LogP contribution in [-0.4, -0.2) is 56.7 Å². The Labute approximate surface area is 215 Å². The number of ether oxygens (including phenoxy) is 3. The first kappa shape index (κ1) is 23.8. The maximum Gasteiger partial charge on any atom is 0.415 e. The van der Waals surface area contributed by atoms with E-state index < -0.39 is 5.60 Å². The van der Waals surface area contributed by atoms with Crippen LogP contribution < -0.4 is 19.6 Å². The van der Waals surface area contributed by atoms with E-state index in [2.05, 4.69) is 23.1 Å². The molecule has 0 unspecified atom stereocenters. The zero-order valence-corrected chi connectivity index (χ0v) is 21.1. The largest absolute Gasteiger partial charge is 0.496 e. The zero-order chi connectivity index (χ0) is 25.4. The molecule has 1 spiro atoms. The second-order valence-corrected chi connectivity index (χ2v) is 9.65. The molecule has 9 nitrogen and oxygen atoms in total. The van der Waals surface area contributed by atoms with Crippen LogP contribution in [0.1, 0.15) is 25.3 Å². The van der Waals surface area contributed by atoms with Crippen molar-refractivity contribution < 1.29 is 28.7 Å². The summed E-state index contributed by atoms with van der Waals surface area (Å²) >= 11 is 0. The van der Waals surface area contributed by atoms with Gasteiger partial charge in [-0.2, -0.15) is 0 Å². The van der Waals surface area contributed by atoms with E-state index in [0.29, 0.717) is 13.2 Å². The standard InChI is InChI=1S/C28H31N3O6/c1-3-34-26-16-20(15-24-23(26)5-4-6-25(24)33-2)17-29-13-11-28(12-14-29)18-30(27(32)37-28)21-7-9-22(10-8-21)31-35-19-36-31/h4-10,15-16H,3,11-14,17-19H2,1-2H3. The molecule has 0 atom stereocenters. The average Bonchev–Trinajstić information content (AvgIpc) is 3.20. The first-order chi connectivity index (χ1) is 18.1. The monoisotopic (exact) mass is 505 g/mol. The Morgan fingerprint density at radius 2 is 1.70 bits per heavy atom. The minimum absolute atomic E-state index is 0.252. The number of anilines is 2. The van der Waals surface area contributed by atoms with Gasteiger partial charge in [-0.05, 0) is 55.0 Å². The molecule has 37 heavy (non-hydrogen) atoms. The second kappa shape index (κ2) is 9.74. The summed E-state index contributed by atoms with van der Waals surface area (Å²) in [7, 11) is 1.70. The molecule has 3 aromatic rings. The van der Waals surface area contributed by atoms with Crippen LogP contribution in [0.4, 0.5) is 16.2 Å². The number of fused-ring (bicyclic) bond motifs is 1. The van der Waals surface area contributed by atoms with Crippen LogP contribution in [0.25, 0.3) is 10.8 Å². The number of hydrogen-bond acceptors (Lipinski definition) is 8. The second-order valence-electron chi connectivity index (χ2n) is 9.65. The van der Waals surface area contributed by atoms with Crippen molar-refractivity contribution in [2.45, 2.75) is 31.9 Å². The number of rotatable bonds is 7. The lowest BCUT2D eigenvalue weighted by atomic mass is 9.91. The van der Waals surface area contributed by atoms with Gasteiger partial charge in [-0.1, -0.05) is 12.1 Å². The number of likely N-dealkylation sites (tertiary alicyclic amines) is 1. The van der Waals surface area contributed by atoms with Crippen LogP contribution >= 0.6 is 0 Å². The van der Waals surface area contributed by atoms with Crippen molar-refractivity contribution in [1.29, 1.82) is 0 Å². The Morgan fingerprint density at radius 3 is 2.38 bits per heavy atom. The molecule has 194 valence electrons. The van der Waals surface area contributed by atoms with Crippen molar-refractivity contribution in [1.82, 2.24) is 4.90 Å². The van der Waals surface area contributed by atoms with E-state index in [1.807, 2.05) is 43.3 Å². The first-order valence-corrected chi connectivity index (χ1v) is 12.7. The molecule has 3 aliphatic heterocycles. The third-order valence-corrected chi connectivity index (χ3v) is 7.35. The van der Waals surface area contributed by atoms with Gasteiger partial charge in [0.25, 0.3) is 0 Å². The maximum absolute atomic E-state index is 12.8. The van der Waals surface area contributed by atoms with E-state index in [4.69, 9.17) is 23.9 Å². The molecule has 3 fully saturated rings. The number of amides is 1. The zero-order valence-electron chi connectivity index (χ0n) is 21.1. The number of piperidine rings is 1. The first-order valence-electron chi connectivity index (χ1n) is 12.7. The van der Waals surface area contributed by atoms with Crippen LogP contribution in [0.5, 0.6) is 11.5 Å². The Balaban J connectivity index is 1.13. The van der Waals surface area contributed by atoms with Gasteiger partial charge >= 0.3 is 6.09 Å². The lowest BCUT2D eigenvalue weighted by Crippen LogP contribution is -2.46. The van der Waals surface area contributed by atoms with Gasteiger partial charge in [0.15, 0.2) is 0 Å². The van der Waals surface area contributed by atoms with Crippen LogP contribution in [0.2, 0.25) is 0 Å². The summed E-state index contributed by atoms with van der Waals surface area (Å²) < 4.78 is 17.6. The van der Waals surface area contributed by atoms with Gasteiger partial charge in [0.2, 0.25) is 6.79 Å². The Morgan fingerprint density at radius 1 is 0.946 bits per heavy atom. The highest BCUT2D eigenvalue weighted by atomic mass is 17.1. The van der Waals surface area contributed by atoms with E-state index in [9.17, 15) is 4.79 Å². The number of benzene rings is 3. The molecule has 3 heterocycles. The van der Waals surface area contributed by atoms with Gasteiger partial charge in [-0.3, -0.25) is 9.80 Å². The third kappa shape index (κ3) is 4.54. The predicted molar refractivity (Wildman–Crippen MR) is 139 cm³/mol. The normalized spacial score (nSPS) is 19.2. The summed E-state index contributed by atoms with van der Waals surface area (Å²) in [6.07, 6.45) is 1.29. The molecule has 0 aliphatic carbocycles. The van der Waals surface area contributed by atoms with Gasteiger partial charge in [0.1, 0.15) is 17.1 Å². The number of carbonyl (C=O) groups is 1. The van der Waals surface area contributed by atoms with Crippen LogP contribution in [0.15, 0.2) is 54.6 Å². The highest BCUT2D eigenvalue weighted by Gasteiger charge is 2.47. The molecule has 1 amide bonds. The van der Waals surface area contributed by atoms with E-state index >= 15 is 0 Å². The molecule has 0 bridgehead atoms. The van der Waals surface area contributed by atoms with Crippen molar-refractivity contribution in [2.75, 3.05) is 50.3 Å². The van der Waals surface area contributed by atoms with Crippen molar-refractivity contribution in [3.63, 3.8) is 0 Å². The summed E-state index contributed by atoms with van der Waals surface area (Å²) in [5, 5.41) is 3.46. The molecule has 6 rings (SSSR count). The topological polar surface area (TPSA) is 72.9 Å².